The van der Waals surface area contributed by atoms with Gasteiger partial charge in [0.25, 0.3) is 0 Å². The van der Waals surface area contributed by atoms with Crippen LogP contribution in [0.5, 0.6) is 17.2 Å². The van der Waals surface area contributed by atoms with E-state index in [0.29, 0.717) is 46.9 Å². The Labute approximate surface area is 199 Å². The zero-order valence-electron chi connectivity index (χ0n) is 18.4. The van der Waals surface area contributed by atoms with Crippen molar-refractivity contribution in [3.63, 3.8) is 0 Å². The van der Waals surface area contributed by atoms with E-state index in [1.54, 1.807) is 29.2 Å². The number of carbonyl (C=O) groups excluding carboxylic acids is 2. The van der Waals surface area contributed by atoms with E-state index in [1.165, 1.54) is 11.3 Å². The first-order valence-corrected chi connectivity index (χ1v) is 11.8. The van der Waals surface area contributed by atoms with Crippen molar-refractivity contribution in [3.05, 3.63) is 42.5 Å². The molecule has 0 radical (unpaired) electrons. The van der Waals surface area contributed by atoms with Crippen LogP contribution in [0.25, 0.3) is 10.6 Å². The third-order valence-electron chi connectivity index (χ3n) is 5.51. The molecule has 3 heterocycles. The minimum absolute atomic E-state index is 0.195. The number of hydrogen-bond acceptors (Lipinski definition) is 8. The van der Waals surface area contributed by atoms with Gasteiger partial charge in [0.2, 0.25) is 17.8 Å². The van der Waals surface area contributed by atoms with Crippen molar-refractivity contribution >= 4 is 34.1 Å². The van der Waals surface area contributed by atoms with Gasteiger partial charge in [-0.3, -0.25) is 10.1 Å². The number of ether oxygens (including phenoxy) is 3. The first-order valence-electron chi connectivity index (χ1n) is 11.0. The number of anilines is 2. The second-order valence-electron chi connectivity index (χ2n) is 7.71. The normalized spacial score (nSPS) is 16.4. The molecule has 0 spiro atoms. The quantitative estimate of drug-likeness (QED) is 0.547. The molecule has 1 unspecified atom stereocenters. The fraction of sp³-hybridized carbons (Fsp3) is 0.304. The number of nitrogens with zero attached hydrogens (tertiary/aromatic N) is 3. The van der Waals surface area contributed by atoms with Crippen LogP contribution in [0.2, 0.25) is 0 Å². The lowest BCUT2D eigenvalue weighted by Crippen LogP contribution is -2.45. The van der Waals surface area contributed by atoms with Crippen molar-refractivity contribution in [3.8, 4) is 27.8 Å². The predicted molar refractivity (Wildman–Crippen MR) is 126 cm³/mol. The predicted octanol–water partition coefficient (Wildman–Crippen LogP) is 3.97. The molecular formula is C23H23N5O5S. The standard InChI is InChI=1S/C23H23N5O5S/c1-2-31-16-8-6-15(7-9-16)24-23(30)28-11-3-4-17(28)20(29)25-22-27-26-21(34-22)14-5-10-18-19(12-14)33-13-32-18/h5-10,12,17H,2-4,11,13H2,1H3,(H,24,30)(H,25,27,29). The summed E-state index contributed by atoms with van der Waals surface area (Å²) in [5.41, 5.74) is 1.46. The molecule has 0 bridgehead atoms. The molecule has 3 aromatic rings. The number of amides is 3. The Bertz CT molecular complexity index is 1200. The number of fused-ring (bicyclic) bond motifs is 1. The average molecular weight is 482 g/mol. The molecule has 1 atom stereocenters. The maximum atomic E-state index is 13.0. The Hall–Kier alpha value is -3.86. The van der Waals surface area contributed by atoms with E-state index in [0.717, 1.165) is 17.7 Å². The fourth-order valence-electron chi connectivity index (χ4n) is 3.89. The maximum Gasteiger partial charge on any atom is 0.322 e. The van der Waals surface area contributed by atoms with Gasteiger partial charge in [-0.05, 0) is 62.2 Å². The van der Waals surface area contributed by atoms with Gasteiger partial charge in [0.1, 0.15) is 16.8 Å². The molecular weight excluding hydrogens is 458 g/mol. The van der Waals surface area contributed by atoms with E-state index in [-0.39, 0.29) is 18.7 Å². The molecule has 1 fully saturated rings. The summed E-state index contributed by atoms with van der Waals surface area (Å²) in [6.07, 6.45) is 1.32. The summed E-state index contributed by atoms with van der Waals surface area (Å²) in [4.78, 5) is 27.3. The molecule has 2 aliphatic rings. The van der Waals surface area contributed by atoms with E-state index in [4.69, 9.17) is 14.2 Å². The molecule has 0 aliphatic carbocycles. The largest absolute Gasteiger partial charge is 0.494 e. The van der Waals surface area contributed by atoms with Crippen molar-refractivity contribution in [2.45, 2.75) is 25.8 Å². The number of benzene rings is 2. The van der Waals surface area contributed by atoms with Crippen LogP contribution >= 0.6 is 11.3 Å². The lowest BCUT2D eigenvalue weighted by atomic mass is 10.2. The van der Waals surface area contributed by atoms with Gasteiger partial charge in [-0.15, -0.1) is 10.2 Å². The molecule has 10 nitrogen and oxygen atoms in total. The van der Waals surface area contributed by atoms with E-state index in [2.05, 4.69) is 20.8 Å². The SMILES string of the molecule is CCOc1ccc(NC(=O)N2CCCC2C(=O)Nc2nnc(-c3ccc4c(c3)OCO4)s2)cc1. The second kappa shape index (κ2) is 9.56. The van der Waals surface area contributed by atoms with Gasteiger partial charge in [0.15, 0.2) is 11.5 Å². The highest BCUT2D eigenvalue weighted by Crippen LogP contribution is 2.37. The van der Waals surface area contributed by atoms with Crippen molar-refractivity contribution in [2.24, 2.45) is 0 Å². The molecule has 3 amide bonds. The van der Waals surface area contributed by atoms with Crippen LogP contribution < -0.4 is 24.8 Å². The van der Waals surface area contributed by atoms with Gasteiger partial charge in [-0.25, -0.2) is 4.79 Å². The number of carbonyl (C=O) groups is 2. The van der Waals surface area contributed by atoms with Crippen LogP contribution in [-0.2, 0) is 4.79 Å². The third-order valence-corrected chi connectivity index (χ3v) is 6.40. The minimum Gasteiger partial charge on any atom is -0.494 e. The molecule has 1 aromatic heterocycles. The van der Waals surface area contributed by atoms with Crippen molar-refractivity contribution in [2.75, 3.05) is 30.6 Å². The minimum atomic E-state index is -0.583. The Morgan fingerprint density at radius 3 is 2.76 bits per heavy atom. The number of hydrogen-bond donors (Lipinski definition) is 2. The summed E-state index contributed by atoms with van der Waals surface area (Å²) in [7, 11) is 0. The van der Waals surface area contributed by atoms with Gasteiger partial charge < -0.3 is 24.4 Å². The molecule has 176 valence electrons. The molecule has 5 rings (SSSR count). The van der Waals surface area contributed by atoms with Crippen molar-refractivity contribution in [1.29, 1.82) is 0 Å². The summed E-state index contributed by atoms with van der Waals surface area (Å²) in [5, 5.41) is 14.9. The molecule has 0 saturated carbocycles. The van der Waals surface area contributed by atoms with E-state index in [1.807, 2.05) is 25.1 Å². The highest BCUT2D eigenvalue weighted by molar-refractivity contribution is 7.18. The Morgan fingerprint density at radius 1 is 1.12 bits per heavy atom. The lowest BCUT2D eigenvalue weighted by molar-refractivity contribution is -0.119. The Kier molecular flexibility index (Phi) is 6.17. The highest BCUT2D eigenvalue weighted by Gasteiger charge is 2.34. The Balaban J connectivity index is 1.21. The Morgan fingerprint density at radius 2 is 1.94 bits per heavy atom. The van der Waals surface area contributed by atoms with Crippen molar-refractivity contribution in [1.82, 2.24) is 15.1 Å². The van der Waals surface area contributed by atoms with Gasteiger partial charge in [0.05, 0.1) is 6.61 Å². The summed E-state index contributed by atoms with van der Waals surface area (Å²) in [5.74, 6) is 1.79. The zero-order valence-corrected chi connectivity index (χ0v) is 19.3. The molecule has 2 N–H and O–H groups in total. The van der Waals surface area contributed by atoms with Gasteiger partial charge in [-0.1, -0.05) is 11.3 Å². The fourth-order valence-corrected chi connectivity index (χ4v) is 4.63. The lowest BCUT2D eigenvalue weighted by Gasteiger charge is -2.23. The average Bonchev–Trinajstić information content (AvgIpc) is 3.60. The van der Waals surface area contributed by atoms with Crippen LogP contribution in [-0.4, -0.2) is 53.0 Å². The summed E-state index contributed by atoms with van der Waals surface area (Å²) in [6, 6.07) is 11.7. The number of rotatable bonds is 6. The number of nitrogens with one attached hydrogen (secondary N) is 2. The number of urea groups is 1. The van der Waals surface area contributed by atoms with Gasteiger partial charge in [-0.2, -0.15) is 0 Å². The number of likely N-dealkylation sites (tertiary alicyclic amines) is 1. The van der Waals surface area contributed by atoms with Crippen LogP contribution in [0.1, 0.15) is 19.8 Å². The summed E-state index contributed by atoms with van der Waals surface area (Å²) >= 11 is 1.25. The van der Waals surface area contributed by atoms with Crippen LogP contribution in [0.4, 0.5) is 15.6 Å². The van der Waals surface area contributed by atoms with E-state index in [9.17, 15) is 9.59 Å². The topological polar surface area (TPSA) is 115 Å². The molecule has 11 heteroatoms. The smallest absolute Gasteiger partial charge is 0.322 e. The third kappa shape index (κ3) is 4.60. The van der Waals surface area contributed by atoms with Crippen LogP contribution in [0.3, 0.4) is 0 Å². The molecule has 2 aliphatic heterocycles. The van der Waals surface area contributed by atoms with E-state index < -0.39 is 6.04 Å². The van der Waals surface area contributed by atoms with E-state index >= 15 is 0 Å². The first-order chi connectivity index (χ1) is 16.6. The van der Waals surface area contributed by atoms with Gasteiger partial charge in [0, 0.05) is 17.8 Å². The second-order valence-corrected chi connectivity index (χ2v) is 8.69. The monoisotopic (exact) mass is 481 g/mol. The zero-order chi connectivity index (χ0) is 23.5. The van der Waals surface area contributed by atoms with Crippen LogP contribution in [0, 0.1) is 0 Å². The molecule has 2 aromatic carbocycles. The molecule has 1 saturated heterocycles. The highest BCUT2D eigenvalue weighted by atomic mass is 32.1. The van der Waals surface area contributed by atoms with Crippen LogP contribution in [0.15, 0.2) is 42.5 Å². The van der Waals surface area contributed by atoms with Crippen molar-refractivity contribution < 1.29 is 23.8 Å². The maximum absolute atomic E-state index is 13.0. The number of aromatic nitrogens is 2. The van der Waals surface area contributed by atoms with Gasteiger partial charge >= 0.3 is 6.03 Å². The first kappa shape index (κ1) is 22.0. The summed E-state index contributed by atoms with van der Waals surface area (Å²) in [6.45, 7) is 3.18. The summed E-state index contributed by atoms with van der Waals surface area (Å²) < 4.78 is 16.2. The molecule has 34 heavy (non-hydrogen) atoms.